The van der Waals surface area contributed by atoms with Gasteiger partial charge in [-0.25, -0.2) is 4.79 Å². The molecule has 21 heavy (non-hydrogen) atoms. The molecule has 0 aromatic heterocycles. The van der Waals surface area contributed by atoms with E-state index in [1.165, 1.54) is 7.11 Å². The van der Waals surface area contributed by atoms with Crippen molar-refractivity contribution in [1.82, 2.24) is 10.2 Å². The van der Waals surface area contributed by atoms with Gasteiger partial charge in [-0.05, 0) is 33.6 Å². The summed E-state index contributed by atoms with van der Waals surface area (Å²) in [5.41, 5.74) is -0.491. The maximum Gasteiger partial charge on any atom is 0.410 e. The van der Waals surface area contributed by atoms with Crippen LogP contribution in [0.15, 0.2) is 0 Å². The van der Waals surface area contributed by atoms with Crippen molar-refractivity contribution >= 4 is 23.8 Å². The number of esters is 1. The van der Waals surface area contributed by atoms with Crippen LogP contribution in [-0.4, -0.2) is 59.4 Å². The predicted octanol–water partition coefficient (Wildman–Crippen LogP) is 1.59. The Balaban J connectivity index is 1.96. The SMILES string of the molecule is COC(=O)[C@@H]1CSC([C@@H]2CCCN2C(=O)OC(C)(C)C)N1. The van der Waals surface area contributed by atoms with Crippen LogP contribution in [0.4, 0.5) is 4.79 Å². The molecule has 0 aromatic rings. The van der Waals surface area contributed by atoms with E-state index in [1.54, 1.807) is 16.7 Å². The average Bonchev–Trinajstić information content (AvgIpc) is 3.03. The second-order valence-electron chi connectivity index (χ2n) is 6.38. The van der Waals surface area contributed by atoms with Crippen LogP contribution in [0.3, 0.4) is 0 Å². The summed E-state index contributed by atoms with van der Waals surface area (Å²) in [5.74, 6) is 0.433. The maximum absolute atomic E-state index is 12.3. The van der Waals surface area contributed by atoms with E-state index in [0.717, 1.165) is 12.8 Å². The number of ether oxygens (including phenoxy) is 2. The van der Waals surface area contributed by atoms with Gasteiger partial charge in [0, 0.05) is 12.3 Å². The number of carbonyl (C=O) groups excluding carboxylic acids is 2. The molecule has 7 heteroatoms. The van der Waals surface area contributed by atoms with Crippen LogP contribution in [0.2, 0.25) is 0 Å². The Hall–Kier alpha value is -0.950. The number of carbonyl (C=O) groups is 2. The lowest BCUT2D eigenvalue weighted by Crippen LogP contribution is -2.49. The van der Waals surface area contributed by atoms with Gasteiger partial charge in [0.05, 0.1) is 18.5 Å². The lowest BCUT2D eigenvalue weighted by atomic mass is 10.2. The number of amides is 1. The standard InChI is InChI=1S/C14H24N2O4S/c1-14(2,3)20-13(18)16-7-5-6-10(16)11-15-9(8-21-11)12(17)19-4/h9-11,15H,5-8H2,1-4H3/t9-,10-,11?/m0/s1. The highest BCUT2D eigenvalue weighted by molar-refractivity contribution is 8.00. The Morgan fingerprint density at radius 2 is 2.05 bits per heavy atom. The first kappa shape index (κ1) is 16.4. The largest absolute Gasteiger partial charge is 0.468 e. The summed E-state index contributed by atoms with van der Waals surface area (Å²) in [6.07, 6.45) is 1.62. The molecule has 0 spiro atoms. The molecule has 0 aliphatic carbocycles. The van der Waals surface area contributed by atoms with Crippen LogP contribution in [0, 0.1) is 0 Å². The number of thioether (sulfide) groups is 1. The van der Waals surface area contributed by atoms with Crippen molar-refractivity contribution < 1.29 is 19.1 Å². The number of hydrogen-bond acceptors (Lipinski definition) is 6. The lowest BCUT2D eigenvalue weighted by molar-refractivity contribution is -0.142. The van der Waals surface area contributed by atoms with Crippen molar-refractivity contribution in [3.63, 3.8) is 0 Å². The van der Waals surface area contributed by atoms with Gasteiger partial charge in [-0.3, -0.25) is 10.1 Å². The maximum atomic E-state index is 12.3. The quantitative estimate of drug-likeness (QED) is 0.780. The first-order chi connectivity index (χ1) is 9.81. The highest BCUT2D eigenvalue weighted by atomic mass is 32.2. The minimum Gasteiger partial charge on any atom is -0.468 e. The van der Waals surface area contributed by atoms with Gasteiger partial charge in [-0.15, -0.1) is 11.8 Å². The van der Waals surface area contributed by atoms with Crippen LogP contribution in [0.25, 0.3) is 0 Å². The fourth-order valence-corrected chi connectivity index (χ4v) is 4.05. The number of rotatable bonds is 2. The normalized spacial score (nSPS) is 29.5. The molecule has 2 aliphatic heterocycles. The van der Waals surface area contributed by atoms with Crippen LogP contribution in [-0.2, 0) is 14.3 Å². The van der Waals surface area contributed by atoms with Gasteiger partial charge in [-0.1, -0.05) is 0 Å². The van der Waals surface area contributed by atoms with Crippen molar-refractivity contribution in [1.29, 1.82) is 0 Å². The number of likely N-dealkylation sites (tertiary alicyclic amines) is 1. The summed E-state index contributed by atoms with van der Waals surface area (Å²) >= 11 is 1.67. The van der Waals surface area contributed by atoms with E-state index in [0.29, 0.717) is 12.3 Å². The summed E-state index contributed by atoms with van der Waals surface area (Å²) in [6.45, 7) is 6.31. The molecule has 0 bridgehead atoms. The average molecular weight is 316 g/mol. The topological polar surface area (TPSA) is 67.9 Å². The Kier molecular flexibility index (Phi) is 5.03. The highest BCUT2D eigenvalue weighted by Crippen LogP contribution is 2.31. The molecule has 0 saturated carbocycles. The van der Waals surface area contributed by atoms with E-state index in [9.17, 15) is 9.59 Å². The van der Waals surface area contributed by atoms with Gasteiger partial charge in [0.1, 0.15) is 11.6 Å². The van der Waals surface area contributed by atoms with Gasteiger partial charge >= 0.3 is 12.1 Å². The molecule has 1 amide bonds. The molecule has 2 rings (SSSR count). The molecule has 120 valence electrons. The molecule has 2 heterocycles. The molecule has 1 unspecified atom stereocenters. The Labute approximate surface area is 129 Å². The number of nitrogens with one attached hydrogen (secondary N) is 1. The summed E-state index contributed by atoms with van der Waals surface area (Å²) in [7, 11) is 1.39. The smallest absolute Gasteiger partial charge is 0.410 e. The zero-order valence-electron chi connectivity index (χ0n) is 13.0. The molecular formula is C14H24N2O4S. The molecule has 0 aromatic carbocycles. The highest BCUT2D eigenvalue weighted by Gasteiger charge is 2.42. The Morgan fingerprint density at radius 1 is 1.33 bits per heavy atom. The van der Waals surface area contributed by atoms with Crippen molar-refractivity contribution in [3.05, 3.63) is 0 Å². The van der Waals surface area contributed by atoms with Crippen molar-refractivity contribution in [3.8, 4) is 0 Å². The van der Waals surface area contributed by atoms with Gasteiger partial charge in [0.25, 0.3) is 0 Å². The van der Waals surface area contributed by atoms with Gasteiger partial charge < -0.3 is 14.4 Å². The summed E-state index contributed by atoms with van der Waals surface area (Å²) in [6, 6.07) is -0.217. The third kappa shape index (κ3) is 4.03. The third-order valence-corrected chi connectivity index (χ3v) is 4.91. The van der Waals surface area contributed by atoms with E-state index >= 15 is 0 Å². The third-order valence-electron chi connectivity index (χ3n) is 3.57. The van der Waals surface area contributed by atoms with Crippen LogP contribution < -0.4 is 5.32 Å². The minimum atomic E-state index is -0.491. The molecule has 1 N–H and O–H groups in total. The first-order valence-electron chi connectivity index (χ1n) is 7.27. The monoisotopic (exact) mass is 316 g/mol. The molecule has 6 nitrogen and oxygen atoms in total. The summed E-state index contributed by atoms with van der Waals surface area (Å²) in [5, 5.41) is 3.33. The van der Waals surface area contributed by atoms with Gasteiger partial charge in [0.2, 0.25) is 0 Å². The first-order valence-corrected chi connectivity index (χ1v) is 8.32. The zero-order valence-corrected chi connectivity index (χ0v) is 13.9. The number of methoxy groups -OCH3 is 1. The van der Waals surface area contributed by atoms with Crippen LogP contribution in [0.5, 0.6) is 0 Å². The zero-order chi connectivity index (χ0) is 15.6. The van der Waals surface area contributed by atoms with E-state index in [4.69, 9.17) is 9.47 Å². The van der Waals surface area contributed by atoms with E-state index < -0.39 is 5.60 Å². The second kappa shape index (κ2) is 6.44. The minimum absolute atomic E-state index is 0.0594. The molecular weight excluding hydrogens is 292 g/mol. The van der Waals surface area contributed by atoms with Gasteiger partial charge in [0.15, 0.2) is 0 Å². The fourth-order valence-electron chi connectivity index (χ4n) is 2.65. The number of nitrogens with zero attached hydrogens (tertiary/aromatic N) is 1. The Bertz CT molecular complexity index is 410. The van der Waals surface area contributed by atoms with Crippen LogP contribution in [0.1, 0.15) is 33.6 Å². The molecule has 0 radical (unpaired) electrons. The van der Waals surface area contributed by atoms with E-state index in [2.05, 4.69) is 5.32 Å². The van der Waals surface area contributed by atoms with Crippen molar-refractivity contribution in [2.24, 2.45) is 0 Å². The molecule has 2 aliphatic rings. The molecule has 2 fully saturated rings. The number of hydrogen-bond donors (Lipinski definition) is 1. The predicted molar refractivity (Wildman–Crippen MR) is 81.1 cm³/mol. The molecule has 3 atom stereocenters. The van der Waals surface area contributed by atoms with Crippen LogP contribution >= 0.6 is 11.8 Å². The summed E-state index contributed by atoms with van der Waals surface area (Å²) < 4.78 is 10.2. The van der Waals surface area contributed by atoms with E-state index in [1.807, 2.05) is 20.8 Å². The van der Waals surface area contributed by atoms with Gasteiger partial charge in [-0.2, -0.15) is 0 Å². The van der Waals surface area contributed by atoms with Crippen molar-refractivity contribution in [2.45, 2.75) is 56.7 Å². The lowest BCUT2D eigenvalue weighted by Gasteiger charge is -2.31. The Morgan fingerprint density at radius 3 is 2.67 bits per heavy atom. The second-order valence-corrected chi connectivity index (χ2v) is 7.55. The molecule has 2 saturated heterocycles. The fraction of sp³-hybridized carbons (Fsp3) is 0.857. The summed E-state index contributed by atoms with van der Waals surface area (Å²) in [4.78, 5) is 25.6. The van der Waals surface area contributed by atoms with Crippen molar-refractivity contribution in [2.75, 3.05) is 19.4 Å². The van der Waals surface area contributed by atoms with E-state index in [-0.39, 0.29) is 29.5 Å².